The van der Waals surface area contributed by atoms with E-state index in [0.717, 1.165) is 5.56 Å². The molecule has 0 aliphatic carbocycles. The number of carbonyl (C=O) groups is 1. The Morgan fingerprint density at radius 1 is 1.08 bits per heavy atom. The molecule has 0 spiro atoms. The van der Waals surface area contributed by atoms with Crippen molar-refractivity contribution in [2.45, 2.75) is 6.61 Å². The number of benzene rings is 1. The number of rotatable bonds is 4. The number of fused-ring (bicyclic) bond motifs is 1. The zero-order valence-corrected chi connectivity index (χ0v) is 13.2. The second-order valence-electron chi connectivity index (χ2n) is 5.33. The normalized spacial score (nSPS) is 12.6. The lowest BCUT2D eigenvalue weighted by Gasteiger charge is -2.18. The highest BCUT2D eigenvalue weighted by Crippen LogP contribution is 2.34. The maximum absolute atomic E-state index is 11.9. The molecule has 0 saturated heterocycles. The van der Waals surface area contributed by atoms with Crippen molar-refractivity contribution >= 4 is 5.97 Å². The second-order valence-corrected chi connectivity index (χ2v) is 5.33. The molecule has 7 nitrogen and oxygen atoms in total. The zero-order chi connectivity index (χ0) is 17.1. The monoisotopic (exact) mass is 338 g/mol. The third-order valence-corrected chi connectivity index (χ3v) is 3.61. The molecule has 0 N–H and O–H groups in total. The maximum atomic E-state index is 11.9. The third-order valence-electron chi connectivity index (χ3n) is 3.61. The fraction of sp³-hybridized carbons (Fsp3) is 0.167. The van der Waals surface area contributed by atoms with Crippen LogP contribution in [0.15, 0.2) is 53.2 Å². The molecule has 4 rings (SSSR count). The van der Waals surface area contributed by atoms with Gasteiger partial charge in [0.05, 0.1) is 0 Å². The van der Waals surface area contributed by atoms with Gasteiger partial charge in [-0.2, -0.15) is 0 Å². The fourth-order valence-electron chi connectivity index (χ4n) is 2.41. The van der Waals surface area contributed by atoms with Crippen molar-refractivity contribution < 1.29 is 23.5 Å². The van der Waals surface area contributed by atoms with E-state index >= 15 is 0 Å². The molecule has 0 atom stereocenters. The summed E-state index contributed by atoms with van der Waals surface area (Å²) in [5.74, 6) is 1.42. The summed E-state index contributed by atoms with van der Waals surface area (Å²) in [5, 5.41) is 3.93. The molecule has 0 unspecified atom stereocenters. The van der Waals surface area contributed by atoms with E-state index in [1.165, 1.54) is 6.20 Å². The van der Waals surface area contributed by atoms with Crippen molar-refractivity contribution in [2.75, 3.05) is 13.2 Å². The number of hydrogen-bond donors (Lipinski definition) is 0. The van der Waals surface area contributed by atoms with Crippen molar-refractivity contribution in [3.63, 3.8) is 0 Å². The van der Waals surface area contributed by atoms with Crippen LogP contribution in [-0.2, 0) is 11.3 Å². The van der Waals surface area contributed by atoms with E-state index in [2.05, 4.69) is 10.1 Å². The van der Waals surface area contributed by atoms with Gasteiger partial charge in [0.2, 0.25) is 0 Å². The topological polar surface area (TPSA) is 83.7 Å². The summed E-state index contributed by atoms with van der Waals surface area (Å²) in [4.78, 5) is 15.8. The maximum Gasteiger partial charge on any atom is 0.357 e. The Kier molecular flexibility index (Phi) is 4.04. The van der Waals surface area contributed by atoms with Crippen LogP contribution >= 0.6 is 0 Å². The van der Waals surface area contributed by atoms with Crippen LogP contribution in [0.5, 0.6) is 11.5 Å². The predicted octanol–water partition coefficient (Wildman–Crippen LogP) is 2.86. The number of carbonyl (C=O) groups excluding carboxylic acids is 1. The smallest absolute Gasteiger partial charge is 0.357 e. The molecule has 0 radical (unpaired) electrons. The summed E-state index contributed by atoms with van der Waals surface area (Å²) in [6.07, 6.45) is 1.53. The Morgan fingerprint density at radius 3 is 2.80 bits per heavy atom. The van der Waals surface area contributed by atoms with Gasteiger partial charge < -0.3 is 18.7 Å². The Balaban J connectivity index is 1.44. The van der Waals surface area contributed by atoms with Gasteiger partial charge in [0.15, 0.2) is 17.3 Å². The molecule has 0 saturated carbocycles. The third kappa shape index (κ3) is 3.30. The lowest BCUT2D eigenvalue weighted by molar-refractivity contribution is 0.0457. The Labute approximate surface area is 143 Å². The van der Waals surface area contributed by atoms with Gasteiger partial charge in [0.25, 0.3) is 0 Å². The van der Waals surface area contributed by atoms with Gasteiger partial charge in [-0.25, -0.2) is 9.78 Å². The van der Waals surface area contributed by atoms with E-state index in [4.69, 9.17) is 18.7 Å². The number of esters is 1. The number of hydrogen-bond acceptors (Lipinski definition) is 7. The highest BCUT2D eigenvalue weighted by molar-refractivity contribution is 5.87. The van der Waals surface area contributed by atoms with Crippen molar-refractivity contribution in [3.05, 3.63) is 60.0 Å². The quantitative estimate of drug-likeness (QED) is 0.676. The standard InChI is InChI=1S/C18H14N2O5/c21-18(14-3-1-2-6-19-14)24-11-13-10-16(25-20-13)12-4-5-15-17(9-12)23-8-7-22-15/h1-6,9-10H,7-8,11H2. The lowest BCUT2D eigenvalue weighted by Crippen LogP contribution is -2.15. The predicted molar refractivity (Wildman–Crippen MR) is 86.3 cm³/mol. The first-order valence-electron chi connectivity index (χ1n) is 7.73. The molecule has 1 aliphatic heterocycles. The summed E-state index contributed by atoms with van der Waals surface area (Å²) in [6.45, 7) is 1.06. The Morgan fingerprint density at radius 2 is 1.96 bits per heavy atom. The molecule has 3 aromatic rings. The highest BCUT2D eigenvalue weighted by Gasteiger charge is 2.15. The molecule has 2 aromatic heterocycles. The summed E-state index contributed by atoms with van der Waals surface area (Å²) < 4.78 is 21.6. The van der Waals surface area contributed by atoms with Crippen LogP contribution < -0.4 is 9.47 Å². The minimum atomic E-state index is -0.510. The van der Waals surface area contributed by atoms with Crippen LogP contribution in [0.3, 0.4) is 0 Å². The average Bonchev–Trinajstić information content (AvgIpc) is 3.15. The number of ether oxygens (including phenoxy) is 3. The molecule has 25 heavy (non-hydrogen) atoms. The minimum Gasteiger partial charge on any atom is -0.486 e. The van der Waals surface area contributed by atoms with Gasteiger partial charge in [-0.05, 0) is 30.3 Å². The molecule has 1 aliphatic rings. The summed E-state index contributed by atoms with van der Waals surface area (Å²) in [7, 11) is 0. The van der Waals surface area contributed by atoms with Crippen molar-refractivity contribution in [3.8, 4) is 22.8 Å². The molecule has 7 heteroatoms. The van der Waals surface area contributed by atoms with Crippen LogP contribution in [0, 0.1) is 0 Å². The molecule has 0 bridgehead atoms. The number of pyridine rings is 1. The van der Waals surface area contributed by atoms with E-state index in [0.29, 0.717) is 36.2 Å². The van der Waals surface area contributed by atoms with E-state index < -0.39 is 5.97 Å². The molecular formula is C18H14N2O5. The fourth-order valence-corrected chi connectivity index (χ4v) is 2.41. The van der Waals surface area contributed by atoms with Crippen molar-refractivity contribution in [2.24, 2.45) is 0 Å². The van der Waals surface area contributed by atoms with Crippen LogP contribution in [0.2, 0.25) is 0 Å². The van der Waals surface area contributed by atoms with E-state index in [9.17, 15) is 4.79 Å². The number of nitrogens with zero attached hydrogens (tertiary/aromatic N) is 2. The van der Waals surface area contributed by atoms with E-state index in [-0.39, 0.29) is 12.3 Å². The highest BCUT2D eigenvalue weighted by atomic mass is 16.6. The van der Waals surface area contributed by atoms with Gasteiger partial charge in [-0.15, -0.1) is 0 Å². The molecule has 0 fully saturated rings. The van der Waals surface area contributed by atoms with Gasteiger partial charge in [0, 0.05) is 17.8 Å². The summed E-state index contributed by atoms with van der Waals surface area (Å²) in [6, 6.07) is 12.3. The van der Waals surface area contributed by atoms with Crippen LogP contribution in [0.25, 0.3) is 11.3 Å². The summed E-state index contributed by atoms with van der Waals surface area (Å²) in [5.41, 5.74) is 1.56. The van der Waals surface area contributed by atoms with Crippen LogP contribution in [-0.4, -0.2) is 29.3 Å². The average molecular weight is 338 g/mol. The van der Waals surface area contributed by atoms with Crippen molar-refractivity contribution in [1.82, 2.24) is 10.1 Å². The first-order chi connectivity index (χ1) is 12.3. The number of aromatic nitrogens is 2. The van der Waals surface area contributed by atoms with E-state index in [1.54, 1.807) is 24.3 Å². The lowest BCUT2D eigenvalue weighted by atomic mass is 10.1. The SMILES string of the molecule is O=C(OCc1cc(-c2ccc3c(c2)OCCO3)on1)c1ccccn1. The van der Waals surface area contributed by atoms with Crippen molar-refractivity contribution in [1.29, 1.82) is 0 Å². The summed E-state index contributed by atoms with van der Waals surface area (Å²) >= 11 is 0. The van der Waals surface area contributed by atoms with Gasteiger partial charge >= 0.3 is 5.97 Å². The minimum absolute atomic E-state index is 0.00343. The van der Waals surface area contributed by atoms with Crippen LogP contribution in [0.1, 0.15) is 16.2 Å². The molecule has 3 heterocycles. The van der Waals surface area contributed by atoms with Gasteiger partial charge in [-0.3, -0.25) is 0 Å². The Hall–Kier alpha value is -3.35. The second kappa shape index (κ2) is 6.64. The Bertz CT molecular complexity index is 891. The first kappa shape index (κ1) is 15.2. The van der Waals surface area contributed by atoms with Gasteiger partial charge in [-0.1, -0.05) is 11.2 Å². The van der Waals surface area contributed by atoms with Gasteiger partial charge in [0.1, 0.15) is 31.2 Å². The molecular weight excluding hydrogens is 324 g/mol. The largest absolute Gasteiger partial charge is 0.486 e. The molecule has 1 aromatic carbocycles. The molecule has 0 amide bonds. The van der Waals surface area contributed by atoms with Crippen LogP contribution in [0.4, 0.5) is 0 Å². The molecule has 126 valence electrons. The first-order valence-corrected chi connectivity index (χ1v) is 7.73. The zero-order valence-electron chi connectivity index (χ0n) is 13.2. The van der Waals surface area contributed by atoms with E-state index in [1.807, 2.05) is 18.2 Å².